The monoisotopic (exact) mass is 320 g/mol. The summed E-state index contributed by atoms with van der Waals surface area (Å²) in [5.74, 6) is 0. The van der Waals surface area contributed by atoms with Crippen molar-refractivity contribution in [1.82, 2.24) is 0 Å². The topological polar surface area (TPSA) is 0 Å². The molecular weight excluding hydrogens is 286 g/mol. The molecule has 0 rings (SSSR count). The molecule has 0 aliphatic carbocycles. The number of hydrogen-bond acceptors (Lipinski definition) is 0. The molecule has 110 valence electrons. The normalized spacial score (nSPS) is 13.8. The Bertz CT molecular complexity index is 160. The van der Waals surface area contributed by atoms with Gasteiger partial charge < -0.3 is 4.48 Å². The van der Waals surface area contributed by atoms with Crippen LogP contribution < -0.4 is 0 Å². The van der Waals surface area contributed by atoms with Gasteiger partial charge in [-0.1, -0.05) is 47.0 Å². The SMILES string of the molecule is CCCC[N+](CCCC)(CCCC)C(Br)CCC. The number of hydrogen-bond donors (Lipinski definition) is 0. The predicted octanol–water partition coefficient (Wildman–Crippen LogP) is 5.72. The molecule has 1 atom stereocenters. The summed E-state index contributed by atoms with van der Waals surface area (Å²) < 4.78 is 1.32. The lowest BCUT2D eigenvalue weighted by atomic mass is 10.1. The molecule has 0 aliphatic rings. The van der Waals surface area contributed by atoms with Crippen molar-refractivity contribution in [3.8, 4) is 0 Å². The van der Waals surface area contributed by atoms with Gasteiger partial charge in [-0.2, -0.15) is 0 Å². The van der Waals surface area contributed by atoms with Crippen LogP contribution in [-0.2, 0) is 0 Å². The van der Waals surface area contributed by atoms with Gasteiger partial charge in [0, 0.05) is 6.42 Å². The number of rotatable bonds is 12. The molecule has 0 N–H and O–H groups in total. The van der Waals surface area contributed by atoms with E-state index in [-0.39, 0.29) is 0 Å². The maximum atomic E-state index is 4.02. The van der Waals surface area contributed by atoms with Crippen LogP contribution in [0.3, 0.4) is 0 Å². The zero-order chi connectivity index (χ0) is 13.9. The lowest BCUT2D eigenvalue weighted by Gasteiger charge is -2.43. The van der Waals surface area contributed by atoms with Crippen LogP contribution in [0.1, 0.15) is 79.1 Å². The van der Waals surface area contributed by atoms with E-state index in [1.807, 2.05) is 0 Å². The average Bonchev–Trinajstić information content (AvgIpc) is 2.38. The Kier molecular flexibility index (Phi) is 11.6. The predicted molar refractivity (Wildman–Crippen MR) is 87.2 cm³/mol. The molecule has 0 aliphatic heterocycles. The molecule has 0 aromatic heterocycles. The van der Waals surface area contributed by atoms with Gasteiger partial charge in [0.15, 0.2) is 0 Å². The molecule has 0 fully saturated rings. The van der Waals surface area contributed by atoms with Crippen molar-refractivity contribution in [2.45, 2.75) is 84.0 Å². The highest BCUT2D eigenvalue weighted by atomic mass is 79.9. The fraction of sp³-hybridized carbons (Fsp3) is 1.00. The van der Waals surface area contributed by atoms with Crippen LogP contribution in [-0.4, -0.2) is 29.1 Å². The Morgan fingerprint density at radius 3 is 1.39 bits per heavy atom. The van der Waals surface area contributed by atoms with Crippen LogP contribution in [0.4, 0.5) is 0 Å². The first-order valence-corrected chi connectivity index (χ1v) is 9.08. The summed E-state index contributed by atoms with van der Waals surface area (Å²) in [6.45, 7) is 13.4. The maximum absolute atomic E-state index is 4.02. The number of quaternary nitrogens is 1. The smallest absolute Gasteiger partial charge is 0.144 e. The second-order valence-electron chi connectivity index (χ2n) is 5.67. The van der Waals surface area contributed by atoms with Crippen LogP contribution in [0.5, 0.6) is 0 Å². The van der Waals surface area contributed by atoms with E-state index in [4.69, 9.17) is 0 Å². The first-order chi connectivity index (χ1) is 8.66. The van der Waals surface area contributed by atoms with Crippen molar-refractivity contribution in [2.75, 3.05) is 19.6 Å². The zero-order valence-corrected chi connectivity index (χ0v) is 14.8. The minimum absolute atomic E-state index is 0.673. The van der Waals surface area contributed by atoms with Crippen LogP contribution in [0.2, 0.25) is 0 Å². The van der Waals surface area contributed by atoms with Crippen LogP contribution >= 0.6 is 15.9 Å². The Hall–Kier alpha value is 0.440. The molecule has 18 heavy (non-hydrogen) atoms. The molecule has 0 saturated carbocycles. The van der Waals surface area contributed by atoms with Gasteiger partial charge in [0.2, 0.25) is 0 Å². The van der Waals surface area contributed by atoms with Gasteiger partial charge in [0.05, 0.1) is 19.6 Å². The first kappa shape index (κ1) is 18.4. The summed E-state index contributed by atoms with van der Waals surface area (Å²) in [4.78, 5) is 0.673. The van der Waals surface area contributed by atoms with Gasteiger partial charge in [0.1, 0.15) is 4.95 Å². The molecule has 0 saturated heterocycles. The lowest BCUT2D eigenvalue weighted by Crippen LogP contribution is -2.54. The van der Waals surface area contributed by atoms with Gasteiger partial charge in [-0.3, -0.25) is 0 Å². The van der Waals surface area contributed by atoms with E-state index in [9.17, 15) is 0 Å². The highest BCUT2D eigenvalue weighted by Crippen LogP contribution is 2.27. The van der Waals surface area contributed by atoms with Crippen molar-refractivity contribution < 1.29 is 4.48 Å². The van der Waals surface area contributed by atoms with Crippen molar-refractivity contribution in [3.05, 3.63) is 0 Å². The second-order valence-corrected chi connectivity index (χ2v) is 6.73. The third-order valence-electron chi connectivity index (χ3n) is 3.99. The quantitative estimate of drug-likeness (QED) is 0.245. The Balaban J connectivity index is 4.72. The van der Waals surface area contributed by atoms with Crippen molar-refractivity contribution in [2.24, 2.45) is 0 Å². The van der Waals surface area contributed by atoms with Gasteiger partial charge >= 0.3 is 0 Å². The minimum atomic E-state index is 0.673. The molecule has 0 radical (unpaired) electrons. The van der Waals surface area contributed by atoms with E-state index in [2.05, 4.69) is 43.6 Å². The molecule has 1 nitrogen and oxygen atoms in total. The van der Waals surface area contributed by atoms with Crippen molar-refractivity contribution >= 4 is 15.9 Å². The second kappa shape index (κ2) is 11.3. The minimum Gasteiger partial charge on any atom is -0.312 e. The highest BCUT2D eigenvalue weighted by Gasteiger charge is 2.32. The zero-order valence-electron chi connectivity index (χ0n) is 13.2. The highest BCUT2D eigenvalue weighted by molar-refractivity contribution is 9.09. The van der Waals surface area contributed by atoms with Gasteiger partial charge in [0.25, 0.3) is 0 Å². The molecule has 0 amide bonds. The van der Waals surface area contributed by atoms with E-state index in [1.54, 1.807) is 0 Å². The van der Waals surface area contributed by atoms with Gasteiger partial charge in [-0.15, -0.1) is 0 Å². The molecule has 1 unspecified atom stereocenters. The van der Waals surface area contributed by atoms with Crippen LogP contribution in [0, 0.1) is 0 Å². The Morgan fingerprint density at radius 2 is 1.11 bits per heavy atom. The van der Waals surface area contributed by atoms with Crippen molar-refractivity contribution in [1.29, 1.82) is 0 Å². The number of alkyl halides is 1. The summed E-state index contributed by atoms with van der Waals surface area (Å²) in [6, 6.07) is 0. The Labute approximate surface area is 124 Å². The largest absolute Gasteiger partial charge is 0.312 e. The van der Waals surface area contributed by atoms with E-state index in [0.29, 0.717) is 4.95 Å². The van der Waals surface area contributed by atoms with Gasteiger partial charge in [-0.05, 0) is 41.6 Å². The summed E-state index contributed by atoms with van der Waals surface area (Å²) in [5.41, 5.74) is 0. The standard InChI is InChI=1S/C16H35BrN/c1-5-9-13-18(14-10-6-2,15-11-7-3)16(17)12-8-4/h16H,5-15H2,1-4H3/q+1. The van der Waals surface area contributed by atoms with E-state index >= 15 is 0 Å². The number of nitrogens with zero attached hydrogens (tertiary/aromatic N) is 1. The van der Waals surface area contributed by atoms with E-state index in [0.717, 1.165) is 0 Å². The molecule has 0 aromatic rings. The fourth-order valence-electron chi connectivity index (χ4n) is 2.69. The molecule has 0 spiro atoms. The fourth-order valence-corrected chi connectivity index (χ4v) is 3.76. The van der Waals surface area contributed by atoms with Crippen molar-refractivity contribution in [3.63, 3.8) is 0 Å². The summed E-state index contributed by atoms with van der Waals surface area (Å²) in [5, 5.41) is 0. The average molecular weight is 321 g/mol. The molecule has 2 heteroatoms. The number of unbranched alkanes of at least 4 members (excludes halogenated alkanes) is 3. The summed E-state index contributed by atoms with van der Waals surface area (Å²) in [6.07, 6.45) is 10.7. The maximum Gasteiger partial charge on any atom is 0.144 e. The van der Waals surface area contributed by atoms with Gasteiger partial charge in [-0.25, -0.2) is 0 Å². The number of halogens is 1. The Morgan fingerprint density at radius 1 is 0.722 bits per heavy atom. The lowest BCUT2D eigenvalue weighted by molar-refractivity contribution is -0.937. The third kappa shape index (κ3) is 6.56. The van der Waals surface area contributed by atoms with E-state index < -0.39 is 0 Å². The molecule has 0 aromatic carbocycles. The molecular formula is C16H35BrN+. The first-order valence-electron chi connectivity index (χ1n) is 8.16. The van der Waals surface area contributed by atoms with E-state index in [1.165, 1.54) is 75.5 Å². The van der Waals surface area contributed by atoms with Crippen LogP contribution in [0.25, 0.3) is 0 Å². The van der Waals surface area contributed by atoms with Crippen LogP contribution in [0.15, 0.2) is 0 Å². The third-order valence-corrected chi connectivity index (χ3v) is 5.32. The molecule has 0 bridgehead atoms. The summed E-state index contributed by atoms with van der Waals surface area (Å²) in [7, 11) is 0. The summed E-state index contributed by atoms with van der Waals surface area (Å²) >= 11 is 4.02. The molecule has 0 heterocycles.